The third kappa shape index (κ3) is 3.46. The van der Waals surface area contributed by atoms with Gasteiger partial charge in [0.05, 0.1) is 16.0 Å². The molecule has 1 atom stereocenters. The van der Waals surface area contributed by atoms with Crippen LogP contribution in [-0.4, -0.2) is 28.1 Å². The predicted octanol–water partition coefficient (Wildman–Crippen LogP) is 3.63. The molecule has 1 fully saturated rings. The largest absolute Gasteiger partial charge is 0.451 e. The molecule has 1 aliphatic heterocycles. The Morgan fingerprint density at radius 2 is 2.24 bits per heavy atom. The van der Waals surface area contributed by atoms with Crippen molar-refractivity contribution in [2.45, 2.75) is 29.7 Å². The molecule has 4 nitrogen and oxygen atoms in total. The Morgan fingerprint density at radius 1 is 1.48 bits per heavy atom. The van der Waals surface area contributed by atoms with Crippen molar-refractivity contribution < 1.29 is 14.3 Å². The number of carbonyl (C=O) groups is 2. The molecule has 1 saturated heterocycles. The first kappa shape index (κ1) is 16.5. The lowest BCUT2D eigenvalue weighted by Crippen LogP contribution is -2.36. The van der Waals surface area contributed by atoms with Gasteiger partial charge in [-0.25, -0.2) is 4.98 Å². The van der Waals surface area contributed by atoms with Crippen LogP contribution in [0.25, 0.3) is 10.2 Å². The second-order valence-electron chi connectivity index (χ2n) is 4.86. The first-order chi connectivity index (χ1) is 9.57. The van der Waals surface area contributed by atoms with Gasteiger partial charge >= 0.3 is 5.97 Å². The van der Waals surface area contributed by atoms with Crippen LogP contribution in [0.15, 0.2) is 28.6 Å². The number of benzene rings is 1. The van der Waals surface area contributed by atoms with Crippen LogP contribution in [0.1, 0.15) is 19.8 Å². The van der Waals surface area contributed by atoms with Gasteiger partial charge in [0.15, 0.2) is 15.7 Å². The fourth-order valence-corrected chi connectivity index (χ4v) is 4.18. The Balaban J connectivity index is 0.00000161. The van der Waals surface area contributed by atoms with E-state index in [-0.39, 0.29) is 34.5 Å². The normalized spacial score (nSPS) is 21.1. The summed E-state index contributed by atoms with van der Waals surface area (Å²) in [4.78, 5) is 27.8. The number of thioether (sulfide) groups is 1. The van der Waals surface area contributed by atoms with E-state index in [1.165, 1.54) is 11.8 Å². The highest BCUT2D eigenvalue weighted by atomic mass is 79.9. The Morgan fingerprint density at radius 3 is 2.90 bits per heavy atom. The number of ketones is 1. The van der Waals surface area contributed by atoms with E-state index < -0.39 is 5.60 Å². The summed E-state index contributed by atoms with van der Waals surface area (Å²) in [5, 5.41) is 0. The van der Waals surface area contributed by atoms with Crippen LogP contribution in [0.2, 0.25) is 0 Å². The van der Waals surface area contributed by atoms with Crippen molar-refractivity contribution in [3.63, 3.8) is 0 Å². The maximum atomic E-state index is 12.2. The van der Waals surface area contributed by atoms with Gasteiger partial charge in [-0.1, -0.05) is 23.9 Å². The molecule has 1 aromatic carbocycles. The van der Waals surface area contributed by atoms with Gasteiger partial charge in [-0.05, 0) is 19.1 Å². The van der Waals surface area contributed by atoms with E-state index in [0.717, 1.165) is 14.6 Å². The summed E-state index contributed by atoms with van der Waals surface area (Å²) in [5.74, 6) is -0.0534. The summed E-state index contributed by atoms with van der Waals surface area (Å²) in [6.45, 7) is 1.69. The summed E-state index contributed by atoms with van der Waals surface area (Å²) in [6.07, 6.45) is 0.805. The van der Waals surface area contributed by atoms with Gasteiger partial charge in [0.1, 0.15) is 0 Å². The average Bonchev–Trinajstić information content (AvgIpc) is 2.99. The number of fused-ring (bicyclic) bond motifs is 1. The maximum Gasteiger partial charge on any atom is 0.306 e. The van der Waals surface area contributed by atoms with Crippen molar-refractivity contribution in [2.75, 3.05) is 5.75 Å². The zero-order valence-corrected chi connectivity index (χ0v) is 14.7. The topological polar surface area (TPSA) is 56.3 Å². The van der Waals surface area contributed by atoms with Crippen molar-refractivity contribution in [1.82, 2.24) is 4.98 Å². The van der Waals surface area contributed by atoms with Crippen molar-refractivity contribution >= 4 is 62.0 Å². The highest BCUT2D eigenvalue weighted by Gasteiger charge is 2.42. The van der Waals surface area contributed by atoms with Crippen LogP contribution in [0, 0.1) is 0 Å². The zero-order valence-electron chi connectivity index (χ0n) is 11.3. The molecular weight excluding hydrogens is 374 g/mol. The molecule has 21 heavy (non-hydrogen) atoms. The molecule has 0 saturated carbocycles. The predicted molar refractivity (Wildman–Crippen MR) is 89.4 cm³/mol. The highest BCUT2D eigenvalue weighted by molar-refractivity contribution is 8.93. The van der Waals surface area contributed by atoms with Gasteiger partial charge in [0.25, 0.3) is 0 Å². The van der Waals surface area contributed by atoms with Crippen molar-refractivity contribution in [1.29, 1.82) is 0 Å². The number of hydrogen-bond acceptors (Lipinski definition) is 6. The first-order valence-electron chi connectivity index (χ1n) is 6.30. The average molecular weight is 388 g/mol. The molecule has 2 heterocycles. The molecule has 2 aromatic rings. The minimum absolute atomic E-state index is 0. The number of para-hydroxylation sites is 1. The number of thiazole rings is 1. The molecule has 112 valence electrons. The molecule has 0 amide bonds. The van der Waals surface area contributed by atoms with Gasteiger partial charge in [-0.3, -0.25) is 9.59 Å². The van der Waals surface area contributed by atoms with E-state index >= 15 is 0 Å². The number of halogens is 1. The molecule has 0 aliphatic carbocycles. The SMILES string of the molecule is Br.CC1(C(=O)CSc2nc3ccccc3s2)CCC(=O)O1. The van der Waals surface area contributed by atoms with E-state index in [0.29, 0.717) is 12.8 Å². The monoisotopic (exact) mass is 387 g/mol. The third-order valence-electron chi connectivity index (χ3n) is 3.34. The lowest BCUT2D eigenvalue weighted by molar-refractivity contribution is -0.154. The molecule has 1 unspecified atom stereocenters. The minimum atomic E-state index is -0.944. The van der Waals surface area contributed by atoms with Crippen LogP contribution >= 0.6 is 40.1 Å². The van der Waals surface area contributed by atoms with Crippen molar-refractivity contribution in [3.05, 3.63) is 24.3 Å². The molecular formula is C14H14BrNO3S2. The number of cyclic esters (lactones) is 1. The van der Waals surface area contributed by atoms with E-state index in [2.05, 4.69) is 4.98 Å². The summed E-state index contributed by atoms with van der Waals surface area (Å²) >= 11 is 2.98. The summed E-state index contributed by atoms with van der Waals surface area (Å²) in [6, 6.07) is 7.89. The molecule has 1 aromatic heterocycles. The number of hydrogen-bond donors (Lipinski definition) is 0. The summed E-state index contributed by atoms with van der Waals surface area (Å²) < 4.78 is 7.12. The van der Waals surface area contributed by atoms with Gasteiger partial charge in [0.2, 0.25) is 0 Å². The van der Waals surface area contributed by atoms with E-state index in [1.54, 1.807) is 18.3 Å². The van der Waals surface area contributed by atoms with Gasteiger partial charge in [-0.15, -0.1) is 28.3 Å². The lowest BCUT2D eigenvalue weighted by Gasteiger charge is -2.19. The molecule has 0 N–H and O–H groups in total. The molecule has 3 rings (SSSR count). The van der Waals surface area contributed by atoms with Crippen LogP contribution in [0.4, 0.5) is 0 Å². The molecule has 0 spiro atoms. The summed E-state index contributed by atoms with van der Waals surface area (Å²) in [5.41, 5.74) is 0.00627. The van der Waals surface area contributed by atoms with Gasteiger partial charge in [0, 0.05) is 12.8 Å². The Hall–Kier alpha value is -0.920. The standard InChI is InChI=1S/C14H13NO3S2.BrH/c1-14(7-6-12(17)18-14)11(16)8-19-13-15-9-4-2-3-5-10(9)20-13;/h2-5H,6-8H2,1H3;1H. The van der Waals surface area contributed by atoms with Crippen molar-refractivity contribution in [2.24, 2.45) is 0 Å². The number of ether oxygens (including phenoxy) is 1. The molecule has 7 heteroatoms. The zero-order chi connectivity index (χ0) is 14.2. The number of aromatic nitrogens is 1. The smallest absolute Gasteiger partial charge is 0.306 e. The van der Waals surface area contributed by atoms with Crippen LogP contribution in [-0.2, 0) is 14.3 Å². The van der Waals surface area contributed by atoms with Gasteiger partial charge in [-0.2, -0.15) is 0 Å². The van der Waals surface area contributed by atoms with E-state index in [1.807, 2.05) is 24.3 Å². The molecule has 1 aliphatic rings. The fraction of sp³-hybridized carbons (Fsp3) is 0.357. The quantitative estimate of drug-likeness (QED) is 0.592. The summed E-state index contributed by atoms with van der Waals surface area (Å²) in [7, 11) is 0. The van der Waals surface area contributed by atoms with Crippen LogP contribution in [0.3, 0.4) is 0 Å². The Kier molecular flexibility index (Phi) is 5.06. The van der Waals surface area contributed by atoms with E-state index in [9.17, 15) is 9.59 Å². The first-order valence-corrected chi connectivity index (χ1v) is 8.10. The molecule has 0 bridgehead atoms. The Labute approximate surface area is 141 Å². The molecule has 0 radical (unpaired) electrons. The number of Topliss-reactive ketones (excluding diaryl/α,β-unsaturated/α-hetero) is 1. The number of rotatable bonds is 4. The highest BCUT2D eigenvalue weighted by Crippen LogP contribution is 2.32. The van der Waals surface area contributed by atoms with Crippen molar-refractivity contribution in [3.8, 4) is 0 Å². The third-order valence-corrected chi connectivity index (χ3v) is 5.52. The number of carbonyl (C=O) groups excluding carboxylic acids is 2. The lowest BCUT2D eigenvalue weighted by atomic mass is 9.98. The van der Waals surface area contributed by atoms with Crippen LogP contribution < -0.4 is 0 Å². The number of esters is 1. The minimum Gasteiger partial charge on any atom is -0.451 e. The Bertz CT molecular complexity index is 655. The fourth-order valence-electron chi connectivity index (χ4n) is 2.08. The van der Waals surface area contributed by atoms with E-state index in [4.69, 9.17) is 4.74 Å². The second kappa shape index (κ2) is 6.46. The second-order valence-corrected chi connectivity index (χ2v) is 7.12. The number of nitrogens with zero attached hydrogens (tertiary/aromatic N) is 1. The van der Waals surface area contributed by atoms with Gasteiger partial charge < -0.3 is 4.74 Å². The van der Waals surface area contributed by atoms with Crippen LogP contribution in [0.5, 0.6) is 0 Å². The maximum absolute atomic E-state index is 12.2.